The van der Waals surface area contributed by atoms with Gasteiger partial charge in [0.25, 0.3) is 10.0 Å². The number of aromatic nitrogens is 1. The molecule has 0 aromatic carbocycles. The minimum atomic E-state index is -3.59. The molecule has 0 bridgehead atoms. The molecule has 6 nitrogen and oxygen atoms in total. The van der Waals surface area contributed by atoms with Crippen molar-refractivity contribution < 1.29 is 8.42 Å². The SMILES string of the molecule is CCNc1cccnc1S(=O)(=O)NCC(C)N(C)C. The molecule has 0 saturated carbocycles. The first-order valence-corrected chi connectivity index (χ1v) is 7.71. The molecule has 1 rings (SSSR count). The Labute approximate surface area is 115 Å². The summed E-state index contributed by atoms with van der Waals surface area (Å²) in [5, 5.41) is 3.04. The fraction of sp³-hybridized carbons (Fsp3) is 0.583. The molecule has 1 unspecified atom stereocenters. The zero-order chi connectivity index (χ0) is 14.5. The number of sulfonamides is 1. The van der Waals surface area contributed by atoms with Crippen LogP contribution in [0.5, 0.6) is 0 Å². The van der Waals surface area contributed by atoms with E-state index in [1.165, 1.54) is 6.20 Å². The van der Waals surface area contributed by atoms with E-state index in [2.05, 4.69) is 15.0 Å². The Bertz CT molecular complexity index is 502. The summed E-state index contributed by atoms with van der Waals surface area (Å²) in [7, 11) is 0.221. The van der Waals surface area contributed by atoms with Crippen molar-refractivity contribution in [1.29, 1.82) is 0 Å². The summed E-state index contributed by atoms with van der Waals surface area (Å²) >= 11 is 0. The second-order valence-electron chi connectivity index (χ2n) is 4.55. The van der Waals surface area contributed by atoms with Crippen molar-refractivity contribution in [2.75, 3.05) is 32.5 Å². The predicted molar refractivity (Wildman–Crippen MR) is 76.7 cm³/mol. The van der Waals surface area contributed by atoms with Crippen LogP contribution in [0.3, 0.4) is 0 Å². The molecule has 7 heteroatoms. The highest BCUT2D eigenvalue weighted by molar-refractivity contribution is 7.89. The van der Waals surface area contributed by atoms with Crippen molar-refractivity contribution >= 4 is 15.7 Å². The topological polar surface area (TPSA) is 74.3 Å². The van der Waals surface area contributed by atoms with Gasteiger partial charge >= 0.3 is 0 Å². The molecule has 0 aliphatic carbocycles. The van der Waals surface area contributed by atoms with Gasteiger partial charge in [0.2, 0.25) is 0 Å². The summed E-state index contributed by atoms with van der Waals surface area (Å²) in [6.45, 7) is 4.84. The molecule has 1 aromatic heterocycles. The molecule has 2 N–H and O–H groups in total. The number of anilines is 1. The van der Waals surface area contributed by atoms with Crippen LogP contribution in [0.2, 0.25) is 0 Å². The summed E-state index contributed by atoms with van der Waals surface area (Å²) in [6, 6.07) is 3.53. The maximum absolute atomic E-state index is 12.2. The molecule has 108 valence electrons. The van der Waals surface area contributed by atoms with Crippen LogP contribution < -0.4 is 10.0 Å². The fourth-order valence-electron chi connectivity index (χ4n) is 1.41. The number of nitrogens with zero attached hydrogens (tertiary/aromatic N) is 2. The summed E-state index contributed by atoms with van der Waals surface area (Å²) in [5.74, 6) is 0. The lowest BCUT2D eigenvalue weighted by Gasteiger charge is -2.20. The molecular formula is C12H22N4O2S. The van der Waals surface area contributed by atoms with Gasteiger partial charge in [-0.3, -0.25) is 0 Å². The highest BCUT2D eigenvalue weighted by Gasteiger charge is 2.20. The lowest BCUT2D eigenvalue weighted by molar-refractivity contribution is 0.314. The Morgan fingerprint density at radius 3 is 2.68 bits per heavy atom. The fourth-order valence-corrected chi connectivity index (χ4v) is 2.64. The van der Waals surface area contributed by atoms with Gasteiger partial charge in [0, 0.05) is 25.3 Å². The average Bonchev–Trinajstić information content (AvgIpc) is 2.37. The number of rotatable bonds is 7. The van der Waals surface area contributed by atoms with E-state index in [4.69, 9.17) is 0 Å². The Morgan fingerprint density at radius 2 is 2.11 bits per heavy atom. The van der Waals surface area contributed by atoms with E-state index in [1.54, 1.807) is 12.1 Å². The zero-order valence-electron chi connectivity index (χ0n) is 11.8. The van der Waals surface area contributed by atoms with E-state index in [-0.39, 0.29) is 11.1 Å². The van der Waals surface area contributed by atoms with Crippen LogP contribution in [0, 0.1) is 0 Å². The van der Waals surface area contributed by atoms with Crippen LogP contribution in [0.25, 0.3) is 0 Å². The quantitative estimate of drug-likeness (QED) is 0.773. The minimum absolute atomic E-state index is 0.0443. The number of pyridine rings is 1. The van der Waals surface area contributed by atoms with E-state index in [0.717, 1.165) is 0 Å². The van der Waals surface area contributed by atoms with Gasteiger partial charge < -0.3 is 10.2 Å². The summed E-state index contributed by atoms with van der Waals surface area (Å²) in [6.07, 6.45) is 1.48. The highest BCUT2D eigenvalue weighted by Crippen LogP contribution is 2.17. The van der Waals surface area contributed by atoms with Crippen molar-refractivity contribution in [3.8, 4) is 0 Å². The molecule has 19 heavy (non-hydrogen) atoms. The van der Waals surface area contributed by atoms with E-state index in [1.807, 2.05) is 32.8 Å². The van der Waals surface area contributed by atoms with Crippen molar-refractivity contribution in [3.05, 3.63) is 18.3 Å². The Kier molecular flexibility index (Phi) is 5.71. The van der Waals surface area contributed by atoms with Crippen LogP contribution in [0.1, 0.15) is 13.8 Å². The standard InChI is InChI=1S/C12H22N4O2S/c1-5-13-11-7-6-8-14-12(11)19(17,18)15-9-10(2)16(3)4/h6-8,10,13,15H,5,9H2,1-4H3. The number of likely N-dealkylation sites (N-methyl/N-ethyl adjacent to an activating group) is 1. The van der Waals surface area contributed by atoms with Gasteiger partial charge in [-0.25, -0.2) is 18.1 Å². The van der Waals surface area contributed by atoms with Gasteiger partial charge in [0.1, 0.15) is 0 Å². The normalized spacial score (nSPS) is 13.5. The lowest BCUT2D eigenvalue weighted by atomic mass is 10.3. The van der Waals surface area contributed by atoms with E-state index in [0.29, 0.717) is 18.8 Å². The molecule has 1 heterocycles. The smallest absolute Gasteiger partial charge is 0.260 e. The van der Waals surface area contributed by atoms with Gasteiger partial charge in [-0.1, -0.05) is 0 Å². The van der Waals surface area contributed by atoms with E-state index >= 15 is 0 Å². The third-order valence-electron chi connectivity index (χ3n) is 2.84. The predicted octanol–water partition coefficient (Wildman–Crippen LogP) is 0.742. The van der Waals surface area contributed by atoms with Crippen molar-refractivity contribution in [2.24, 2.45) is 0 Å². The number of hydrogen-bond acceptors (Lipinski definition) is 5. The van der Waals surface area contributed by atoms with Crippen molar-refractivity contribution in [2.45, 2.75) is 24.9 Å². The first-order chi connectivity index (χ1) is 8.88. The van der Waals surface area contributed by atoms with Gasteiger partial charge in [-0.15, -0.1) is 0 Å². The number of nitrogens with one attached hydrogen (secondary N) is 2. The molecule has 1 atom stereocenters. The van der Waals surface area contributed by atoms with Crippen LogP contribution in [0.15, 0.2) is 23.4 Å². The van der Waals surface area contributed by atoms with Crippen LogP contribution in [-0.4, -0.2) is 51.5 Å². The first-order valence-electron chi connectivity index (χ1n) is 6.23. The van der Waals surface area contributed by atoms with Crippen molar-refractivity contribution in [1.82, 2.24) is 14.6 Å². The second kappa shape index (κ2) is 6.83. The first kappa shape index (κ1) is 15.9. The largest absolute Gasteiger partial charge is 0.383 e. The van der Waals surface area contributed by atoms with Crippen LogP contribution in [-0.2, 0) is 10.0 Å². The summed E-state index contributed by atoms with van der Waals surface area (Å²) in [5.41, 5.74) is 0.523. The lowest BCUT2D eigenvalue weighted by Crippen LogP contribution is -2.38. The average molecular weight is 286 g/mol. The molecular weight excluding hydrogens is 264 g/mol. The summed E-state index contributed by atoms with van der Waals surface area (Å²) < 4.78 is 27.0. The minimum Gasteiger partial charge on any atom is -0.383 e. The summed E-state index contributed by atoms with van der Waals surface area (Å²) in [4.78, 5) is 5.92. The molecule has 0 radical (unpaired) electrons. The molecule has 0 spiro atoms. The molecule has 0 aliphatic heterocycles. The molecule has 0 aliphatic rings. The third-order valence-corrected chi connectivity index (χ3v) is 4.22. The maximum Gasteiger partial charge on any atom is 0.260 e. The van der Waals surface area contributed by atoms with Crippen molar-refractivity contribution in [3.63, 3.8) is 0 Å². The Morgan fingerprint density at radius 1 is 1.42 bits per heavy atom. The molecule has 0 amide bonds. The number of hydrogen-bond donors (Lipinski definition) is 2. The van der Waals surface area contributed by atoms with Crippen LogP contribution in [0.4, 0.5) is 5.69 Å². The monoisotopic (exact) mass is 286 g/mol. The van der Waals surface area contributed by atoms with E-state index in [9.17, 15) is 8.42 Å². The van der Waals surface area contributed by atoms with E-state index < -0.39 is 10.0 Å². The van der Waals surface area contributed by atoms with Gasteiger partial charge in [0.05, 0.1) is 5.69 Å². The Hall–Kier alpha value is -1.18. The van der Waals surface area contributed by atoms with Crippen LogP contribution >= 0.6 is 0 Å². The van der Waals surface area contributed by atoms with Gasteiger partial charge in [-0.05, 0) is 40.1 Å². The van der Waals surface area contributed by atoms with Gasteiger partial charge in [-0.2, -0.15) is 0 Å². The Balaban J connectivity index is 2.88. The highest BCUT2D eigenvalue weighted by atomic mass is 32.2. The molecule has 0 saturated heterocycles. The molecule has 0 fully saturated rings. The zero-order valence-corrected chi connectivity index (χ0v) is 12.7. The van der Waals surface area contributed by atoms with Gasteiger partial charge in [0.15, 0.2) is 5.03 Å². The molecule has 1 aromatic rings. The maximum atomic E-state index is 12.2. The third kappa shape index (κ3) is 4.45. The second-order valence-corrected chi connectivity index (χ2v) is 6.23.